The maximum absolute atomic E-state index is 13.8. The molecule has 37 heteroatoms. The zero-order chi connectivity index (χ0) is 101. The Bertz CT molecular complexity index is 6400. The van der Waals surface area contributed by atoms with E-state index in [4.69, 9.17) is 49.2 Å². The third-order valence-electron chi connectivity index (χ3n) is 27.2. The van der Waals surface area contributed by atoms with Crippen molar-refractivity contribution in [2.45, 2.75) is 147 Å². The number of aromatic nitrogens is 2. The summed E-state index contributed by atoms with van der Waals surface area (Å²) in [6.07, 6.45) is 0. The Hall–Kier alpha value is -13.1. The van der Waals surface area contributed by atoms with E-state index in [0.29, 0.717) is 53.8 Å². The van der Waals surface area contributed by atoms with Gasteiger partial charge >= 0.3 is 0 Å². The van der Waals surface area contributed by atoms with Gasteiger partial charge in [0.15, 0.2) is 29.8 Å². The van der Waals surface area contributed by atoms with Crippen LogP contribution in [0.2, 0.25) is 0 Å². The van der Waals surface area contributed by atoms with Crippen LogP contribution in [-0.4, -0.2) is 177 Å². The van der Waals surface area contributed by atoms with E-state index in [9.17, 15) is 52.1 Å². The monoisotopic (exact) mass is 2010 g/mol. The maximum atomic E-state index is 13.8. The lowest BCUT2D eigenvalue weighted by atomic mass is 9.71. The van der Waals surface area contributed by atoms with Crippen molar-refractivity contribution >= 4 is 121 Å². The molecule has 17 rings (SSSR count). The number of nitriles is 4. The minimum absolute atomic E-state index is 0.0415. The number of likely N-dealkylation sites (tertiary alicyclic amines) is 2. The molecule has 0 radical (unpaired) electrons. The number of hydrogen-bond donors (Lipinski definition) is 5. The summed E-state index contributed by atoms with van der Waals surface area (Å²) < 4.78 is 58.1. The van der Waals surface area contributed by atoms with Crippen LogP contribution in [0.25, 0.3) is 33.5 Å². The molecule has 7 aliphatic heterocycles. The number of alkyl halides is 4. The lowest BCUT2D eigenvalue weighted by Gasteiger charge is -2.51. The van der Waals surface area contributed by atoms with Crippen LogP contribution in [0, 0.1) is 74.9 Å². The molecule has 10 atom stereocenters. The number of benzene rings is 5. The molecule has 5 aromatic heterocycles. The Kier molecular flexibility index (Phi) is 29.5. The van der Waals surface area contributed by atoms with E-state index in [1.165, 1.54) is 97.7 Å². The van der Waals surface area contributed by atoms with Gasteiger partial charge in [0, 0.05) is 135 Å². The summed E-state index contributed by atoms with van der Waals surface area (Å²) >= 11 is 9.11. The molecule has 718 valence electrons. The first-order valence-corrected chi connectivity index (χ1v) is 48.7. The number of aliphatic imine (C=N–C) groups is 5. The van der Waals surface area contributed by atoms with E-state index in [-0.39, 0.29) is 100 Å². The van der Waals surface area contributed by atoms with Gasteiger partial charge in [-0.1, -0.05) is 95.7 Å². The molecule has 0 bridgehead atoms. The minimum atomic E-state index is -3.03. The molecule has 2 fully saturated rings. The molecular weight excluding hydrogens is 1900 g/mol. The number of carbonyl (C=O) groups is 5. The first-order valence-electron chi connectivity index (χ1n) is 44.5. The molecule has 10 aromatic rings. The van der Waals surface area contributed by atoms with E-state index in [0.717, 1.165) is 93.5 Å². The number of thiophene rings is 4. The Labute approximate surface area is 824 Å². The number of likely N-dealkylation sites (N-methyl/N-ethyl adjacent to an activating group) is 2. The number of hydrogen-bond acceptors (Lipinski definition) is 26. The van der Waals surface area contributed by atoms with Gasteiger partial charge in [-0.15, -0.1) is 45.3 Å². The maximum Gasteiger partial charge on any atom is 0.270 e. The van der Waals surface area contributed by atoms with Crippen molar-refractivity contribution in [2.75, 3.05) is 61.4 Å². The Morgan fingerprint density at radius 3 is 1.14 bits per heavy atom. The summed E-state index contributed by atoms with van der Waals surface area (Å²) in [4.78, 5) is 104. The van der Waals surface area contributed by atoms with Gasteiger partial charge in [0.2, 0.25) is 29.5 Å². The first-order chi connectivity index (χ1) is 64.9. The van der Waals surface area contributed by atoms with Gasteiger partial charge in [0.1, 0.15) is 49.6 Å². The van der Waals surface area contributed by atoms with Crippen LogP contribution in [-0.2, 0) is 70.6 Å². The fourth-order valence-electron chi connectivity index (χ4n) is 18.5. The topological polar surface area (TPSA) is 413 Å². The second-order valence-corrected chi connectivity index (χ2v) is 42.1. The Balaban J connectivity index is 0.000000146. The van der Waals surface area contributed by atoms with Crippen molar-refractivity contribution in [3.05, 3.63) is 247 Å². The Morgan fingerprint density at radius 1 is 0.420 bits per heavy atom. The molecule has 2 saturated heterocycles. The quantitative estimate of drug-likeness (QED) is 0.0561. The second-order valence-electron chi connectivity index (χ2n) is 37.1. The first kappa shape index (κ1) is 102. The average molecular weight is 2010 g/mol. The van der Waals surface area contributed by atoms with E-state index in [1.54, 1.807) is 106 Å². The van der Waals surface area contributed by atoms with E-state index in [2.05, 4.69) is 121 Å². The highest BCUT2D eigenvalue weighted by Crippen LogP contribution is 2.53. The number of halogens is 5. The highest BCUT2D eigenvalue weighted by molar-refractivity contribution is 9.10. The summed E-state index contributed by atoms with van der Waals surface area (Å²) in [7, 11) is 9.95. The highest BCUT2D eigenvalue weighted by Gasteiger charge is 2.57. The smallest absolute Gasteiger partial charge is 0.270 e. The molecule has 0 spiro atoms. The predicted octanol–water partition coefficient (Wildman–Crippen LogP) is 16.0. The molecule has 5 aromatic carbocycles. The van der Waals surface area contributed by atoms with E-state index in [1.807, 2.05) is 106 Å². The van der Waals surface area contributed by atoms with Crippen molar-refractivity contribution in [1.82, 2.24) is 44.1 Å². The molecule has 0 aliphatic carbocycles. The van der Waals surface area contributed by atoms with Crippen molar-refractivity contribution < 1.29 is 41.5 Å². The third-order valence-corrected chi connectivity index (χ3v) is 32.4. The molecule has 0 saturated carbocycles. The van der Waals surface area contributed by atoms with Gasteiger partial charge in [0.25, 0.3) is 11.8 Å². The van der Waals surface area contributed by atoms with Crippen LogP contribution < -0.4 is 28.7 Å². The fourth-order valence-corrected chi connectivity index (χ4v) is 22.9. The van der Waals surface area contributed by atoms with E-state index < -0.39 is 51.4 Å². The van der Waals surface area contributed by atoms with Gasteiger partial charge in [0.05, 0.1) is 64.2 Å². The number of amides is 5. The molecule has 7 aliphatic rings. The zero-order valence-electron chi connectivity index (χ0n) is 79.8. The van der Waals surface area contributed by atoms with Crippen LogP contribution in [0.1, 0.15) is 163 Å². The molecular formula is C101H110BrF4N23O5S4. The summed E-state index contributed by atoms with van der Waals surface area (Å²) in [6, 6.07) is 57.1. The van der Waals surface area contributed by atoms with Crippen LogP contribution in [0.4, 0.5) is 17.6 Å². The number of rotatable bonds is 16. The van der Waals surface area contributed by atoms with Crippen molar-refractivity contribution in [2.24, 2.45) is 90.3 Å². The van der Waals surface area contributed by atoms with Gasteiger partial charge in [-0.2, -0.15) is 26.1 Å². The minimum Gasteiger partial charge on any atom is -0.369 e. The number of nitrogens with zero attached hydrogens (tertiary/aromatic N) is 18. The third kappa shape index (κ3) is 20.0. The summed E-state index contributed by atoms with van der Waals surface area (Å²) in [5.41, 5.74) is 34.3. The second kappa shape index (κ2) is 39.8. The number of nitrogens with two attached hydrogens (primary N) is 5. The molecule has 5 amide bonds. The van der Waals surface area contributed by atoms with Gasteiger partial charge in [-0.25, -0.2) is 42.5 Å². The van der Waals surface area contributed by atoms with Crippen molar-refractivity contribution in [3.8, 4) is 57.8 Å². The van der Waals surface area contributed by atoms with Gasteiger partial charge in [-0.3, -0.25) is 53.2 Å². The zero-order valence-corrected chi connectivity index (χ0v) is 84.6. The van der Waals surface area contributed by atoms with Crippen LogP contribution in [0.15, 0.2) is 204 Å². The van der Waals surface area contributed by atoms with Crippen LogP contribution in [0.5, 0.6) is 0 Å². The molecule has 138 heavy (non-hydrogen) atoms. The molecule has 0 unspecified atom stereocenters. The van der Waals surface area contributed by atoms with E-state index >= 15 is 0 Å². The lowest BCUT2D eigenvalue weighted by molar-refractivity contribution is -0.141. The number of guanidine groups is 5. The summed E-state index contributed by atoms with van der Waals surface area (Å²) in [5, 5.41) is 45.4. The lowest BCUT2D eigenvalue weighted by Crippen LogP contribution is -2.63. The molecule has 10 N–H and O–H groups in total. The predicted molar refractivity (Wildman–Crippen MR) is 536 cm³/mol. The number of carbonyl (C=O) groups excluding carboxylic acids is 5. The SMILES string of the molecule is CC(C)N1CC([C@@H]2C(=O)N(C)C(N)=N[C@]2(C)c2cc(-c3cccc(C#N)c3)cs2)C1.CC(C)N1CC([C@H]2C(=O)N(C)C(N)=N[C@]2(C)c2cc(-c3cccc(C#N)c3)cs2)C1.CN1C(=O)[C@@H](c2cccc(C(C)(F)F)c2)[C@@](C)(c2ccc(C#N)s2)N=C1N.CN1C(=O)[C@H](c2cccc(C(C)(F)F)c2)[C@@](C)(c2ccc(C#N)s2)N=C1N.C[C@@H]1C(=O)N(C)C(N)=N[C@]1(C)c1cc(-c2cccc(Br)c2)n(C)n1. The summed E-state index contributed by atoms with van der Waals surface area (Å²) in [6.45, 7) is 25.3. The Morgan fingerprint density at radius 2 is 0.775 bits per heavy atom. The normalized spacial score (nSPS) is 24.2. The molecule has 12 heterocycles. The van der Waals surface area contributed by atoms with Gasteiger partial charge < -0.3 is 38.5 Å². The average Bonchev–Trinajstić information content (AvgIpc) is 1.09. The summed E-state index contributed by atoms with van der Waals surface area (Å²) in [5.74, 6) is -7.92. The number of aryl methyl sites for hydroxylation is 1. The van der Waals surface area contributed by atoms with Crippen LogP contribution >= 0.6 is 61.3 Å². The molecule has 28 nitrogen and oxygen atoms in total. The highest BCUT2D eigenvalue weighted by atomic mass is 79.9. The standard InChI is InChI=1S/2C23H27N5OS.2C19H18F2N4OS.C17H20BrN5O/c2*1-14(2)28-11-18(12-28)20-21(29)27(4)22(25)26-23(20,3)19-9-17(13-30-19)16-7-5-6-15(8-16)10-24;2*1-18(14-8-7-13(10-22)27-14)15(16(26)25(3)17(23)24-18)11-5-4-6-12(9-11)19(2,20)21;1-10-15(24)22(3)16(19)20-17(10,2)14-9-13(23(4)21-14)11-6-5-7-12(18)8-11/h2*5-9,13-14,18,20H,11-12H2,1-4H3,(H2,25,26);2*4-9,15H,1-3H3,(H2,23,24);5-10H,1-4H3,(H2,19,20)/t20-,23+;20-,23-;15-,18+;15-,18-;10-,17+/m01011/s1. The van der Waals surface area contributed by atoms with Crippen LogP contribution in [0.3, 0.4) is 0 Å². The van der Waals surface area contributed by atoms with Crippen molar-refractivity contribution in [1.29, 1.82) is 21.0 Å². The van der Waals surface area contributed by atoms with Gasteiger partial charge in [-0.05, 0) is 209 Å². The fraction of sp³-hybridized carbons (Fsp3) is 0.376. The largest absolute Gasteiger partial charge is 0.369 e. The van der Waals surface area contributed by atoms with Crippen molar-refractivity contribution in [3.63, 3.8) is 0 Å².